The zero-order chi connectivity index (χ0) is 17.3. The van der Waals surface area contributed by atoms with Gasteiger partial charge in [0.15, 0.2) is 0 Å². The minimum atomic E-state index is 0.264. The summed E-state index contributed by atoms with van der Waals surface area (Å²) in [5, 5.41) is 3.36. The van der Waals surface area contributed by atoms with E-state index in [2.05, 4.69) is 46.6 Å². The molecule has 0 unspecified atom stereocenters. The van der Waals surface area contributed by atoms with Crippen LogP contribution in [0.1, 0.15) is 17.5 Å². The van der Waals surface area contributed by atoms with Gasteiger partial charge in [-0.2, -0.15) is 0 Å². The van der Waals surface area contributed by atoms with Crippen molar-refractivity contribution in [2.45, 2.75) is 19.5 Å². The van der Waals surface area contributed by atoms with Crippen molar-refractivity contribution in [1.29, 1.82) is 0 Å². The third kappa shape index (κ3) is 5.69. The first-order valence-electron chi connectivity index (χ1n) is 9.10. The second-order valence-electron chi connectivity index (χ2n) is 6.55. The molecule has 1 saturated heterocycles. The molecule has 0 bridgehead atoms. The Bertz CT molecular complexity index is 637. The van der Waals surface area contributed by atoms with E-state index in [1.54, 1.807) is 0 Å². The molecule has 0 aromatic heterocycles. The SMILES string of the molecule is O=C(CCNCc1ccccc1)N1CCN(Cc2ccccc2)CC1. The Hall–Kier alpha value is -2.17. The van der Waals surface area contributed by atoms with Crippen molar-refractivity contribution in [3.63, 3.8) is 0 Å². The van der Waals surface area contributed by atoms with Crippen LogP contribution in [0.5, 0.6) is 0 Å². The highest BCUT2D eigenvalue weighted by Gasteiger charge is 2.20. The van der Waals surface area contributed by atoms with E-state index in [1.807, 2.05) is 29.2 Å². The first-order chi connectivity index (χ1) is 12.3. The molecular weight excluding hydrogens is 310 g/mol. The zero-order valence-electron chi connectivity index (χ0n) is 14.7. The topological polar surface area (TPSA) is 35.6 Å². The molecular formula is C21H27N3O. The maximum Gasteiger partial charge on any atom is 0.223 e. The lowest BCUT2D eigenvalue weighted by atomic mass is 10.2. The third-order valence-corrected chi connectivity index (χ3v) is 4.66. The molecule has 132 valence electrons. The van der Waals surface area contributed by atoms with Crippen LogP contribution >= 0.6 is 0 Å². The number of benzene rings is 2. The number of hydrogen-bond donors (Lipinski definition) is 1. The molecule has 4 heteroatoms. The van der Waals surface area contributed by atoms with Crippen molar-refractivity contribution in [2.24, 2.45) is 0 Å². The Labute approximate surface area is 150 Å². The summed E-state index contributed by atoms with van der Waals surface area (Å²) >= 11 is 0. The molecule has 1 aliphatic rings. The summed E-state index contributed by atoms with van der Waals surface area (Å²) in [7, 11) is 0. The molecule has 1 heterocycles. The van der Waals surface area contributed by atoms with Crippen molar-refractivity contribution in [2.75, 3.05) is 32.7 Å². The molecule has 3 rings (SSSR count). The first kappa shape index (κ1) is 17.6. The van der Waals surface area contributed by atoms with Crippen LogP contribution in [-0.4, -0.2) is 48.4 Å². The Balaban J connectivity index is 1.33. The van der Waals surface area contributed by atoms with Gasteiger partial charge >= 0.3 is 0 Å². The maximum atomic E-state index is 12.3. The normalized spacial score (nSPS) is 15.3. The molecule has 0 atom stereocenters. The monoisotopic (exact) mass is 337 g/mol. The van der Waals surface area contributed by atoms with Crippen molar-refractivity contribution in [3.8, 4) is 0 Å². The highest BCUT2D eigenvalue weighted by atomic mass is 16.2. The lowest BCUT2D eigenvalue weighted by molar-refractivity contribution is -0.132. The summed E-state index contributed by atoms with van der Waals surface area (Å²) in [6.45, 7) is 6.11. The molecule has 0 saturated carbocycles. The standard InChI is InChI=1S/C21H27N3O/c25-21(11-12-22-17-19-7-3-1-4-8-19)24-15-13-23(14-16-24)18-20-9-5-2-6-10-20/h1-10,22H,11-18H2. The molecule has 0 radical (unpaired) electrons. The van der Waals surface area contributed by atoms with E-state index in [1.165, 1.54) is 11.1 Å². The van der Waals surface area contributed by atoms with Crippen LogP contribution in [0.4, 0.5) is 0 Å². The van der Waals surface area contributed by atoms with E-state index in [0.717, 1.165) is 45.8 Å². The van der Waals surface area contributed by atoms with Crippen molar-refractivity contribution in [3.05, 3.63) is 71.8 Å². The van der Waals surface area contributed by atoms with Gasteiger partial charge in [-0.1, -0.05) is 60.7 Å². The van der Waals surface area contributed by atoms with Crippen molar-refractivity contribution in [1.82, 2.24) is 15.1 Å². The quantitative estimate of drug-likeness (QED) is 0.789. The van der Waals surface area contributed by atoms with E-state index in [9.17, 15) is 4.79 Å². The van der Waals surface area contributed by atoms with E-state index >= 15 is 0 Å². The molecule has 0 aliphatic carbocycles. The van der Waals surface area contributed by atoms with Gasteiger partial charge in [-0.05, 0) is 11.1 Å². The van der Waals surface area contributed by atoms with Gasteiger partial charge in [0, 0.05) is 52.2 Å². The van der Waals surface area contributed by atoms with Gasteiger partial charge in [0.2, 0.25) is 5.91 Å². The van der Waals surface area contributed by atoms with E-state index in [-0.39, 0.29) is 5.91 Å². The van der Waals surface area contributed by atoms with Crippen molar-refractivity contribution < 1.29 is 4.79 Å². The van der Waals surface area contributed by atoms with Gasteiger partial charge in [-0.15, -0.1) is 0 Å². The molecule has 25 heavy (non-hydrogen) atoms. The van der Waals surface area contributed by atoms with Crippen LogP contribution in [0.3, 0.4) is 0 Å². The number of amides is 1. The van der Waals surface area contributed by atoms with Gasteiger partial charge in [0.05, 0.1) is 0 Å². The fourth-order valence-electron chi connectivity index (χ4n) is 3.18. The molecule has 2 aromatic rings. The third-order valence-electron chi connectivity index (χ3n) is 4.66. The Morgan fingerprint density at radius 1 is 0.840 bits per heavy atom. The Kier molecular flexibility index (Phi) is 6.60. The summed E-state index contributed by atoms with van der Waals surface area (Å²) in [6, 6.07) is 20.8. The summed E-state index contributed by atoms with van der Waals surface area (Å²) < 4.78 is 0. The van der Waals surface area contributed by atoms with Crippen LogP contribution in [0.2, 0.25) is 0 Å². The fourth-order valence-corrected chi connectivity index (χ4v) is 3.18. The van der Waals surface area contributed by atoms with Gasteiger partial charge in [0.25, 0.3) is 0 Å². The van der Waals surface area contributed by atoms with E-state index < -0.39 is 0 Å². The van der Waals surface area contributed by atoms with Crippen LogP contribution < -0.4 is 5.32 Å². The number of carbonyl (C=O) groups is 1. The smallest absolute Gasteiger partial charge is 0.223 e. The molecule has 1 N–H and O–H groups in total. The van der Waals surface area contributed by atoms with E-state index in [4.69, 9.17) is 0 Å². The van der Waals surface area contributed by atoms with Gasteiger partial charge < -0.3 is 10.2 Å². The molecule has 0 spiro atoms. The maximum absolute atomic E-state index is 12.3. The second kappa shape index (κ2) is 9.35. The van der Waals surface area contributed by atoms with Crippen LogP contribution in [0.25, 0.3) is 0 Å². The second-order valence-corrected chi connectivity index (χ2v) is 6.55. The summed E-state index contributed by atoms with van der Waals surface area (Å²) in [6.07, 6.45) is 0.575. The van der Waals surface area contributed by atoms with Crippen LogP contribution in [0, 0.1) is 0 Å². The highest BCUT2D eigenvalue weighted by Crippen LogP contribution is 2.09. The minimum absolute atomic E-state index is 0.264. The van der Waals surface area contributed by atoms with Gasteiger partial charge in [0.1, 0.15) is 0 Å². The lowest BCUT2D eigenvalue weighted by Crippen LogP contribution is -2.48. The number of nitrogens with zero attached hydrogens (tertiary/aromatic N) is 2. The number of hydrogen-bond acceptors (Lipinski definition) is 3. The first-order valence-corrected chi connectivity index (χ1v) is 9.10. The average Bonchev–Trinajstić information content (AvgIpc) is 2.67. The summed E-state index contributed by atoms with van der Waals surface area (Å²) in [5.41, 5.74) is 2.59. The number of piperazine rings is 1. The van der Waals surface area contributed by atoms with E-state index in [0.29, 0.717) is 6.42 Å². The fraction of sp³-hybridized carbons (Fsp3) is 0.381. The highest BCUT2D eigenvalue weighted by molar-refractivity contribution is 5.76. The largest absolute Gasteiger partial charge is 0.340 e. The average molecular weight is 337 g/mol. The van der Waals surface area contributed by atoms with Crippen LogP contribution in [0.15, 0.2) is 60.7 Å². The molecule has 1 aliphatic heterocycles. The minimum Gasteiger partial charge on any atom is -0.340 e. The molecule has 1 amide bonds. The number of carbonyl (C=O) groups excluding carboxylic acids is 1. The summed E-state index contributed by atoms with van der Waals surface area (Å²) in [4.78, 5) is 16.8. The molecule has 1 fully saturated rings. The number of rotatable bonds is 7. The van der Waals surface area contributed by atoms with Crippen molar-refractivity contribution >= 4 is 5.91 Å². The molecule has 4 nitrogen and oxygen atoms in total. The Morgan fingerprint density at radius 2 is 1.44 bits per heavy atom. The van der Waals surface area contributed by atoms with Gasteiger partial charge in [-0.3, -0.25) is 9.69 Å². The lowest BCUT2D eigenvalue weighted by Gasteiger charge is -2.34. The van der Waals surface area contributed by atoms with Crippen LogP contribution in [-0.2, 0) is 17.9 Å². The predicted molar refractivity (Wildman–Crippen MR) is 101 cm³/mol. The molecule has 2 aromatic carbocycles. The summed E-state index contributed by atoms with van der Waals surface area (Å²) in [5.74, 6) is 0.264. The Morgan fingerprint density at radius 3 is 2.08 bits per heavy atom. The zero-order valence-corrected chi connectivity index (χ0v) is 14.7. The van der Waals surface area contributed by atoms with Gasteiger partial charge in [-0.25, -0.2) is 0 Å². The predicted octanol–water partition coefficient (Wildman–Crippen LogP) is 2.51. The number of nitrogens with one attached hydrogen (secondary N) is 1.